The van der Waals surface area contributed by atoms with Crippen LogP contribution in [0.4, 0.5) is 5.69 Å². The quantitative estimate of drug-likeness (QED) is 0.821. The van der Waals surface area contributed by atoms with Crippen LogP contribution in [0.3, 0.4) is 0 Å². The molecule has 1 fully saturated rings. The standard InChI is InChI=1S/C19H24N4O3/c1-3-21(4-2)18(24)16-8-7-15(14-20-16)22-9-11-23(12-10-22)19(25)17-6-5-13-26-17/h5-8,13-14H,3-4,9-12H2,1-2H3. The van der Waals surface area contributed by atoms with Gasteiger partial charge in [-0.05, 0) is 38.1 Å². The highest BCUT2D eigenvalue weighted by Crippen LogP contribution is 2.17. The predicted octanol–water partition coefficient (Wildman–Crippen LogP) is 2.12. The Morgan fingerprint density at radius 3 is 2.38 bits per heavy atom. The number of piperazine rings is 1. The SMILES string of the molecule is CCN(CC)C(=O)c1ccc(N2CCN(C(=O)c3ccco3)CC2)cn1. The Morgan fingerprint density at radius 1 is 1.12 bits per heavy atom. The maximum atomic E-state index is 12.3. The zero-order chi connectivity index (χ0) is 18.5. The molecule has 26 heavy (non-hydrogen) atoms. The number of amides is 2. The van der Waals surface area contributed by atoms with Gasteiger partial charge in [-0.25, -0.2) is 4.98 Å². The van der Waals surface area contributed by atoms with Gasteiger partial charge >= 0.3 is 0 Å². The Kier molecular flexibility index (Phi) is 5.55. The minimum atomic E-state index is -0.0760. The molecule has 2 aromatic heterocycles. The van der Waals surface area contributed by atoms with E-state index in [1.807, 2.05) is 19.9 Å². The summed E-state index contributed by atoms with van der Waals surface area (Å²) >= 11 is 0. The molecule has 0 aromatic carbocycles. The van der Waals surface area contributed by atoms with E-state index in [1.165, 1.54) is 6.26 Å². The van der Waals surface area contributed by atoms with E-state index in [-0.39, 0.29) is 11.8 Å². The van der Waals surface area contributed by atoms with Crippen molar-refractivity contribution in [2.45, 2.75) is 13.8 Å². The molecular formula is C19H24N4O3. The average Bonchev–Trinajstić information content (AvgIpc) is 3.23. The van der Waals surface area contributed by atoms with E-state index in [0.29, 0.717) is 37.6 Å². The first kappa shape index (κ1) is 18.0. The second-order valence-electron chi connectivity index (χ2n) is 6.14. The first-order valence-electron chi connectivity index (χ1n) is 8.97. The number of rotatable bonds is 5. The van der Waals surface area contributed by atoms with E-state index in [9.17, 15) is 9.59 Å². The van der Waals surface area contributed by atoms with Crippen LogP contribution in [0.5, 0.6) is 0 Å². The number of anilines is 1. The van der Waals surface area contributed by atoms with Gasteiger partial charge in [0.25, 0.3) is 11.8 Å². The molecular weight excluding hydrogens is 332 g/mol. The summed E-state index contributed by atoms with van der Waals surface area (Å²) < 4.78 is 5.18. The lowest BCUT2D eigenvalue weighted by molar-refractivity contribution is 0.0713. The number of pyridine rings is 1. The van der Waals surface area contributed by atoms with Crippen LogP contribution < -0.4 is 4.90 Å². The number of nitrogens with zero attached hydrogens (tertiary/aromatic N) is 4. The molecule has 138 valence electrons. The molecule has 3 rings (SSSR count). The van der Waals surface area contributed by atoms with Crippen molar-refractivity contribution in [3.8, 4) is 0 Å². The molecule has 0 aliphatic carbocycles. The average molecular weight is 356 g/mol. The van der Waals surface area contributed by atoms with E-state index in [0.717, 1.165) is 18.8 Å². The molecule has 0 unspecified atom stereocenters. The minimum Gasteiger partial charge on any atom is -0.459 e. The van der Waals surface area contributed by atoms with Crippen molar-refractivity contribution in [3.05, 3.63) is 48.2 Å². The Hall–Kier alpha value is -2.83. The Bertz CT molecular complexity index is 731. The second kappa shape index (κ2) is 8.03. The zero-order valence-corrected chi connectivity index (χ0v) is 15.2. The number of hydrogen-bond acceptors (Lipinski definition) is 5. The summed E-state index contributed by atoms with van der Waals surface area (Å²) in [5.41, 5.74) is 1.43. The first-order valence-corrected chi connectivity index (χ1v) is 8.97. The maximum absolute atomic E-state index is 12.3. The van der Waals surface area contributed by atoms with Crippen LogP contribution in [-0.4, -0.2) is 65.9 Å². The van der Waals surface area contributed by atoms with Crippen molar-refractivity contribution in [3.63, 3.8) is 0 Å². The molecule has 2 amide bonds. The molecule has 0 spiro atoms. The van der Waals surface area contributed by atoms with Crippen LogP contribution in [-0.2, 0) is 0 Å². The number of carbonyl (C=O) groups excluding carboxylic acids is 2. The summed E-state index contributed by atoms with van der Waals surface area (Å²) in [4.78, 5) is 34.7. The van der Waals surface area contributed by atoms with Crippen LogP contribution in [0, 0.1) is 0 Å². The van der Waals surface area contributed by atoms with E-state index >= 15 is 0 Å². The molecule has 3 heterocycles. The fraction of sp³-hybridized carbons (Fsp3) is 0.421. The highest BCUT2D eigenvalue weighted by molar-refractivity contribution is 5.92. The molecule has 7 heteroatoms. The first-order chi connectivity index (χ1) is 12.6. The van der Waals surface area contributed by atoms with Gasteiger partial charge in [0.05, 0.1) is 18.1 Å². The van der Waals surface area contributed by atoms with Gasteiger partial charge in [-0.2, -0.15) is 0 Å². The van der Waals surface area contributed by atoms with Gasteiger partial charge in [0.1, 0.15) is 5.69 Å². The van der Waals surface area contributed by atoms with E-state index in [2.05, 4.69) is 9.88 Å². The Labute approximate surface area is 153 Å². The van der Waals surface area contributed by atoms with Crippen LogP contribution in [0.15, 0.2) is 41.1 Å². The van der Waals surface area contributed by atoms with Gasteiger partial charge in [-0.15, -0.1) is 0 Å². The molecule has 0 bridgehead atoms. The van der Waals surface area contributed by atoms with Gasteiger partial charge in [-0.3, -0.25) is 9.59 Å². The van der Waals surface area contributed by atoms with Gasteiger partial charge in [0.2, 0.25) is 0 Å². The topological polar surface area (TPSA) is 69.9 Å². The minimum absolute atomic E-state index is 0.0459. The Morgan fingerprint density at radius 2 is 1.85 bits per heavy atom. The van der Waals surface area contributed by atoms with Gasteiger partial charge in [0, 0.05) is 39.3 Å². The molecule has 0 saturated carbocycles. The molecule has 1 saturated heterocycles. The summed E-state index contributed by atoms with van der Waals surface area (Å²) in [5, 5.41) is 0. The highest BCUT2D eigenvalue weighted by atomic mass is 16.3. The number of carbonyl (C=O) groups is 2. The summed E-state index contributed by atoms with van der Waals surface area (Å²) in [7, 11) is 0. The van der Waals surface area contributed by atoms with Crippen LogP contribution in [0.25, 0.3) is 0 Å². The third-order valence-corrected chi connectivity index (χ3v) is 4.68. The fourth-order valence-corrected chi connectivity index (χ4v) is 3.10. The predicted molar refractivity (Wildman–Crippen MR) is 98.3 cm³/mol. The van der Waals surface area contributed by atoms with Crippen molar-refractivity contribution in [1.29, 1.82) is 0 Å². The molecule has 0 N–H and O–H groups in total. The molecule has 2 aromatic rings. The van der Waals surface area contributed by atoms with E-state index in [4.69, 9.17) is 4.42 Å². The van der Waals surface area contributed by atoms with Crippen molar-refractivity contribution in [2.24, 2.45) is 0 Å². The molecule has 1 aliphatic heterocycles. The number of hydrogen-bond donors (Lipinski definition) is 0. The fourth-order valence-electron chi connectivity index (χ4n) is 3.10. The van der Waals surface area contributed by atoms with Crippen LogP contribution >= 0.6 is 0 Å². The molecule has 0 atom stereocenters. The third kappa shape index (κ3) is 3.71. The van der Waals surface area contributed by atoms with Crippen molar-refractivity contribution in [1.82, 2.24) is 14.8 Å². The number of furan rings is 1. The van der Waals surface area contributed by atoms with Crippen LogP contribution in [0.2, 0.25) is 0 Å². The van der Waals surface area contributed by atoms with Gasteiger partial charge < -0.3 is 19.1 Å². The van der Waals surface area contributed by atoms with E-state index in [1.54, 1.807) is 34.2 Å². The lowest BCUT2D eigenvalue weighted by Gasteiger charge is -2.35. The van der Waals surface area contributed by atoms with Crippen molar-refractivity contribution in [2.75, 3.05) is 44.2 Å². The maximum Gasteiger partial charge on any atom is 0.289 e. The normalized spacial score (nSPS) is 14.4. The summed E-state index contributed by atoms with van der Waals surface area (Å²) in [6.07, 6.45) is 3.25. The smallest absolute Gasteiger partial charge is 0.289 e. The third-order valence-electron chi connectivity index (χ3n) is 4.68. The van der Waals surface area contributed by atoms with Gasteiger partial charge in [-0.1, -0.05) is 0 Å². The van der Waals surface area contributed by atoms with Crippen molar-refractivity contribution < 1.29 is 14.0 Å². The van der Waals surface area contributed by atoms with Crippen molar-refractivity contribution >= 4 is 17.5 Å². The van der Waals surface area contributed by atoms with E-state index < -0.39 is 0 Å². The highest BCUT2D eigenvalue weighted by Gasteiger charge is 2.24. The van der Waals surface area contributed by atoms with Crippen LogP contribution in [0.1, 0.15) is 34.9 Å². The lowest BCUT2D eigenvalue weighted by Crippen LogP contribution is -2.48. The zero-order valence-electron chi connectivity index (χ0n) is 15.2. The summed E-state index contributed by atoms with van der Waals surface area (Å²) in [6, 6.07) is 7.10. The Balaban J connectivity index is 1.59. The lowest BCUT2D eigenvalue weighted by atomic mass is 10.2. The number of aromatic nitrogens is 1. The summed E-state index contributed by atoms with van der Waals surface area (Å²) in [5.74, 6) is 0.253. The second-order valence-corrected chi connectivity index (χ2v) is 6.14. The monoisotopic (exact) mass is 356 g/mol. The molecule has 7 nitrogen and oxygen atoms in total. The molecule has 0 radical (unpaired) electrons. The largest absolute Gasteiger partial charge is 0.459 e. The summed E-state index contributed by atoms with van der Waals surface area (Å²) in [6.45, 7) is 7.95. The van der Waals surface area contributed by atoms with Gasteiger partial charge in [0.15, 0.2) is 5.76 Å². The molecule has 1 aliphatic rings.